The molecule has 86 valence electrons. The Morgan fingerprint density at radius 1 is 1.25 bits per heavy atom. The van der Waals surface area contributed by atoms with E-state index in [1.54, 1.807) is 22.7 Å². The maximum Gasteiger partial charge on any atom is 0.183 e. The average molecular weight is 318 g/mol. The minimum Gasteiger partial charge on any atom is -0.245 e. The van der Waals surface area contributed by atoms with E-state index >= 15 is 0 Å². The van der Waals surface area contributed by atoms with Crippen molar-refractivity contribution < 1.29 is 0 Å². The monoisotopic (exact) mass is 317 g/mol. The first-order valence-electron chi connectivity index (χ1n) is 4.88. The molecule has 2 aromatic heterocycles. The molecule has 0 aliphatic carbocycles. The quantitative estimate of drug-likeness (QED) is 0.848. The molecule has 0 aromatic carbocycles. The highest BCUT2D eigenvalue weighted by Crippen LogP contribution is 2.26. The number of nitrogens with zero attached hydrogens (tertiary/aromatic N) is 3. The lowest BCUT2D eigenvalue weighted by atomic mass is 9.93. The van der Waals surface area contributed by atoms with E-state index in [1.807, 2.05) is 0 Å². The Balaban J connectivity index is 2.14. The van der Waals surface area contributed by atoms with Crippen LogP contribution in [0.15, 0.2) is 9.30 Å². The fourth-order valence-corrected chi connectivity index (χ4v) is 3.49. The standard InChI is InChI=1S/C10H12BrN3S2/c1-10(2,3)6-5-15-7(12-6)4-8-13-14-9(11)16-8/h5H,4H2,1-3H3. The highest BCUT2D eigenvalue weighted by Gasteiger charge is 2.17. The summed E-state index contributed by atoms with van der Waals surface area (Å²) >= 11 is 6.56. The second kappa shape index (κ2) is 4.50. The van der Waals surface area contributed by atoms with E-state index in [1.165, 1.54) is 0 Å². The molecule has 0 spiro atoms. The van der Waals surface area contributed by atoms with Crippen LogP contribution in [-0.2, 0) is 11.8 Å². The van der Waals surface area contributed by atoms with E-state index in [0.717, 1.165) is 26.0 Å². The summed E-state index contributed by atoms with van der Waals surface area (Å²) in [7, 11) is 0. The molecule has 0 unspecified atom stereocenters. The summed E-state index contributed by atoms with van der Waals surface area (Å²) in [6.07, 6.45) is 0.782. The second-order valence-electron chi connectivity index (χ2n) is 4.50. The molecule has 0 saturated carbocycles. The second-order valence-corrected chi connectivity index (χ2v) is 7.78. The van der Waals surface area contributed by atoms with Crippen molar-refractivity contribution in [3.8, 4) is 0 Å². The summed E-state index contributed by atoms with van der Waals surface area (Å²) in [5.74, 6) is 0. The van der Waals surface area contributed by atoms with Gasteiger partial charge in [0.15, 0.2) is 3.92 Å². The number of rotatable bonds is 2. The number of aromatic nitrogens is 3. The van der Waals surface area contributed by atoms with Gasteiger partial charge in [-0.15, -0.1) is 21.5 Å². The van der Waals surface area contributed by atoms with Crippen molar-refractivity contribution in [1.29, 1.82) is 0 Å². The first-order valence-corrected chi connectivity index (χ1v) is 7.37. The summed E-state index contributed by atoms with van der Waals surface area (Å²) in [5, 5.41) is 12.2. The highest BCUT2D eigenvalue weighted by atomic mass is 79.9. The van der Waals surface area contributed by atoms with Crippen molar-refractivity contribution >= 4 is 38.6 Å². The summed E-state index contributed by atoms with van der Waals surface area (Å²) in [6.45, 7) is 6.52. The van der Waals surface area contributed by atoms with Gasteiger partial charge in [-0.1, -0.05) is 32.1 Å². The van der Waals surface area contributed by atoms with Crippen LogP contribution < -0.4 is 0 Å². The average Bonchev–Trinajstić information content (AvgIpc) is 2.74. The number of hydrogen-bond acceptors (Lipinski definition) is 5. The molecule has 16 heavy (non-hydrogen) atoms. The molecule has 3 nitrogen and oxygen atoms in total. The summed E-state index contributed by atoms with van der Waals surface area (Å²) in [6, 6.07) is 0. The SMILES string of the molecule is CC(C)(C)c1csc(Cc2nnc(Br)s2)n1. The van der Waals surface area contributed by atoms with Crippen LogP contribution in [0.5, 0.6) is 0 Å². The molecule has 2 aromatic rings. The van der Waals surface area contributed by atoms with Crippen LogP contribution in [0.4, 0.5) is 0 Å². The lowest BCUT2D eigenvalue weighted by Gasteiger charge is -2.14. The van der Waals surface area contributed by atoms with E-state index in [9.17, 15) is 0 Å². The van der Waals surface area contributed by atoms with Crippen molar-refractivity contribution in [2.24, 2.45) is 0 Å². The zero-order chi connectivity index (χ0) is 11.8. The largest absolute Gasteiger partial charge is 0.245 e. The maximum atomic E-state index is 4.63. The molecule has 0 amide bonds. The lowest BCUT2D eigenvalue weighted by Crippen LogP contribution is -2.11. The van der Waals surface area contributed by atoms with E-state index in [4.69, 9.17) is 0 Å². The van der Waals surface area contributed by atoms with Gasteiger partial charge in [0.1, 0.15) is 5.01 Å². The zero-order valence-electron chi connectivity index (χ0n) is 9.32. The molecule has 0 saturated heterocycles. The van der Waals surface area contributed by atoms with Gasteiger partial charge in [0.05, 0.1) is 17.1 Å². The third kappa shape index (κ3) is 2.87. The fraction of sp³-hybridized carbons (Fsp3) is 0.500. The Kier molecular flexibility index (Phi) is 3.42. The molecule has 0 fully saturated rings. The van der Waals surface area contributed by atoms with Crippen molar-refractivity contribution in [3.05, 3.63) is 25.0 Å². The first kappa shape index (κ1) is 12.1. The smallest absolute Gasteiger partial charge is 0.183 e. The maximum absolute atomic E-state index is 4.63. The third-order valence-electron chi connectivity index (χ3n) is 2.06. The van der Waals surface area contributed by atoms with Crippen LogP contribution in [0, 0.1) is 0 Å². The van der Waals surface area contributed by atoms with E-state index in [0.29, 0.717) is 0 Å². The van der Waals surface area contributed by atoms with E-state index in [-0.39, 0.29) is 5.41 Å². The molecule has 2 heterocycles. The van der Waals surface area contributed by atoms with Gasteiger partial charge >= 0.3 is 0 Å². The number of halogens is 1. The van der Waals surface area contributed by atoms with Gasteiger partial charge < -0.3 is 0 Å². The summed E-state index contributed by atoms with van der Waals surface area (Å²) in [4.78, 5) is 4.63. The van der Waals surface area contributed by atoms with Gasteiger partial charge in [0.25, 0.3) is 0 Å². The molecule has 0 N–H and O–H groups in total. The fourth-order valence-electron chi connectivity index (χ4n) is 1.17. The van der Waals surface area contributed by atoms with Crippen LogP contribution in [-0.4, -0.2) is 15.2 Å². The van der Waals surface area contributed by atoms with Crippen molar-refractivity contribution in [3.63, 3.8) is 0 Å². The normalized spacial score (nSPS) is 12.0. The predicted molar refractivity (Wildman–Crippen MR) is 71.2 cm³/mol. The van der Waals surface area contributed by atoms with Crippen LogP contribution in [0.3, 0.4) is 0 Å². The van der Waals surface area contributed by atoms with Gasteiger partial charge in [0, 0.05) is 10.8 Å². The number of hydrogen-bond donors (Lipinski definition) is 0. The van der Waals surface area contributed by atoms with Crippen LogP contribution >= 0.6 is 38.6 Å². The topological polar surface area (TPSA) is 38.7 Å². The van der Waals surface area contributed by atoms with Gasteiger partial charge in [-0.05, 0) is 15.9 Å². The number of thiazole rings is 1. The molecular weight excluding hydrogens is 306 g/mol. The summed E-state index contributed by atoms with van der Waals surface area (Å²) in [5.41, 5.74) is 1.27. The Morgan fingerprint density at radius 3 is 2.50 bits per heavy atom. The molecule has 0 aliphatic rings. The Morgan fingerprint density at radius 2 is 2.00 bits per heavy atom. The van der Waals surface area contributed by atoms with Crippen LogP contribution in [0.1, 0.15) is 36.5 Å². The van der Waals surface area contributed by atoms with E-state index < -0.39 is 0 Å². The predicted octanol–water partition coefficient (Wildman–Crippen LogP) is 3.65. The van der Waals surface area contributed by atoms with Gasteiger partial charge in [-0.25, -0.2) is 4.98 Å². The van der Waals surface area contributed by atoms with Crippen molar-refractivity contribution in [2.75, 3.05) is 0 Å². The Bertz CT molecular complexity index is 484. The zero-order valence-corrected chi connectivity index (χ0v) is 12.5. The first-order chi connectivity index (χ1) is 7.45. The summed E-state index contributed by atoms with van der Waals surface area (Å²) < 4.78 is 0.829. The third-order valence-corrected chi connectivity index (χ3v) is 4.27. The van der Waals surface area contributed by atoms with Crippen LogP contribution in [0.25, 0.3) is 0 Å². The minimum absolute atomic E-state index is 0.121. The molecule has 2 rings (SSSR count). The van der Waals surface area contributed by atoms with Gasteiger partial charge in [0.2, 0.25) is 0 Å². The molecule has 0 atom stereocenters. The molecular formula is C10H12BrN3S2. The molecule has 0 radical (unpaired) electrons. The molecule has 6 heteroatoms. The highest BCUT2D eigenvalue weighted by molar-refractivity contribution is 9.11. The molecule has 0 aliphatic heterocycles. The minimum atomic E-state index is 0.121. The Labute approximate surface area is 111 Å². The molecule has 0 bridgehead atoms. The van der Waals surface area contributed by atoms with Crippen LogP contribution in [0.2, 0.25) is 0 Å². The van der Waals surface area contributed by atoms with Gasteiger partial charge in [-0.2, -0.15) is 0 Å². The lowest BCUT2D eigenvalue weighted by molar-refractivity contribution is 0.571. The van der Waals surface area contributed by atoms with Gasteiger partial charge in [-0.3, -0.25) is 0 Å². The van der Waals surface area contributed by atoms with Crippen molar-refractivity contribution in [2.45, 2.75) is 32.6 Å². The van der Waals surface area contributed by atoms with E-state index in [2.05, 4.69) is 57.3 Å². The van der Waals surface area contributed by atoms with Crippen molar-refractivity contribution in [1.82, 2.24) is 15.2 Å². The Hall–Kier alpha value is -0.330.